The molecule has 0 bridgehead atoms. The van der Waals surface area contributed by atoms with Crippen LogP contribution in [0.2, 0.25) is 0 Å². The summed E-state index contributed by atoms with van der Waals surface area (Å²) in [6.45, 7) is 15.4. The molecule has 228 valence electrons. The molecule has 0 saturated carbocycles. The second-order valence-electron chi connectivity index (χ2n) is 14.3. The second-order valence-corrected chi connectivity index (χ2v) is 14.3. The minimum atomic E-state index is -0.975. The first-order valence-electron chi connectivity index (χ1n) is 16.7. The fourth-order valence-electron chi connectivity index (χ4n) is 9.61. The summed E-state index contributed by atoms with van der Waals surface area (Å²) >= 11 is 0. The summed E-state index contributed by atoms with van der Waals surface area (Å²) in [5.41, 5.74) is 14.8. The van der Waals surface area contributed by atoms with E-state index in [0.29, 0.717) is 0 Å². The summed E-state index contributed by atoms with van der Waals surface area (Å²) < 4.78 is 9.66. The van der Waals surface area contributed by atoms with Crippen molar-refractivity contribution in [3.63, 3.8) is 0 Å². The zero-order chi connectivity index (χ0) is 32.3. The van der Waals surface area contributed by atoms with Crippen LogP contribution >= 0.6 is 0 Å². The Morgan fingerprint density at radius 2 is 0.917 bits per heavy atom. The van der Waals surface area contributed by atoms with Crippen LogP contribution in [0.15, 0.2) is 74.6 Å². The largest absolute Gasteiger partial charge is 0.404 e. The molecule has 8 heteroatoms. The van der Waals surface area contributed by atoms with Crippen LogP contribution in [-0.4, -0.2) is 41.6 Å². The summed E-state index contributed by atoms with van der Waals surface area (Å²) in [6, 6.07) is 19.9. The van der Waals surface area contributed by atoms with Crippen molar-refractivity contribution in [2.24, 2.45) is 20.0 Å². The molecule has 6 aliphatic heterocycles. The van der Waals surface area contributed by atoms with Gasteiger partial charge in [0.2, 0.25) is 22.6 Å². The molecule has 0 saturated heterocycles. The van der Waals surface area contributed by atoms with Crippen molar-refractivity contribution in [2.75, 3.05) is 0 Å². The third-order valence-corrected chi connectivity index (χ3v) is 11.7. The van der Waals surface area contributed by atoms with Gasteiger partial charge in [0, 0.05) is 5.39 Å². The molecule has 1 atom stereocenters. The molecule has 0 radical (unpaired) electrons. The van der Waals surface area contributed by atoms with E-state index in [0.717, 1.165) is 89.8 Å². The van der Waals surface area contributed by atoms with Crippen LogP contribution in [0.1, 0.15) is 61.2 Å². The summed E-state index contributed by atoms with van der Waals surface area (Å²) in [5.74, 6) is 4.62. The molecule has 2 aromatic heterocycles. The van der Waals surface area contributed by atoms with Crippen molar-refractivity contribution in [3.05, 3.63) is 127 Å². The third-order valence-electron chi connectivity index (χ3n) is 11.7. The van der Waals surface area contributed by atoms with Crippen LogP contribution < -0.4 is 11.0 Å². The quantitative estimate of drug-likeness (QED) is 0.191. The first-order valence-corrected chi connectivity index (χ1v) is 16.7. The smallest absolute Gasteiger partial charge is 0.192 e. The van der Waals surface area contributed by atoms with Gasteiger partial charge in [-0.1, -0.05) is 68.5 Å². The van der Waals surface area contributed by atoms with E-state index in [1.807, 2.05) is 0 Å². The Bertz CT molecular complexity index is 2970. The second kappa shape index (κ2) is 7.52. The van der Waals surface area contributed by atoms with E-state index in [1.165, 1.54) is 38.9 Å². The van der Waals surface area contributed by atoms with Gasteiger partial charge in [-0.25, -0.2) is 0 Å². The van der Waals surface area contributed by atoms with E-state index in [-0.39, 0.29) is 0 Å². The van der Waals surface area contributed by atoms with Crippen LogP contribution in [0, 0.1) is 48.5 Å². The first-order chi connectivity index (χ1) is 23.2. The standard InChI is InChI=1S/C40H30N8/c1-17-9-8-10-24-25(17)33-42-35-28-20(4)13-14-21(5)29(28)37-44-39-31-23(7)16-15-22(6)30(31)38-43-36-27-19(3)12-11-18(2)26(27)34-41-32(24)45(33)40(46(34)36,47(35)37)48(38)39/h8-16H,1-7H3/q+2/t40-/m0/s1. The molecular weight excluding hydrogens is 592 g/mol. The highest BCUT2D eigenvalue weighted by molar-refractivity contribution is 6.22. The average molecular weight is 623 g/mol. The third kappa shape index (κ3) is 2.33. The molecule has 0 aliphatic carbocycles. The van der Waals surface area contributed by atoms with Crippen LogP contribution in [0.3, 0.4) is 0 Å². The van der Waals surface area contributed by atoms with E-state index in [1.54, 1.807) is 0 Å². The number of hydrogen-bond donors (Lipinski definition) is 0. The molecular formula is C40H30N8+2. The van der Waals surface area contributed by atoms with Crippen LogP contribution in [-0.2, 0) is 5.91 Å². The lowest BCUT2D eigenvalue weighted by Gasteiger charge is -2.40. The van der Waals surface area contributed by atoms with Crippen molar-refractivity contribution >= 4 is 56.5 Å². The molecule has 0 fully saturated rings. The number of hydrogen-bond acceptors (Lipinski definition) is 4. The van der Waals surface area contributed by atoms with Gasteiger partial charge in [0.1, 0.15) is 0 Å². The van der Waals surface area contributed by atoms with Gasteiger partial charge in [-0.3, -0.25) is 0 Å². The Balaban J connectivity index is 1.46. The molecule has 4 aromatic carbocycles. The maximum atomic E-state index is 5.67. The Kier molecular flexibility index (Phi) is 3.97. The summed E-state index contributed by atoms with van der Waals surface area (Å²) in [7, 11) is 0. The van der Waals surface area contributed by atoms with Gasteiger partial charge in [-0.2, -0.15) is 9.13 Å². The van der Waals surface area contributed by atoms with Crippen LogP contribution in [0.5, 0.6) is 0 Å². The molecule has 8 nitrogen and oxygen atoms in total. The minimum Gasteiger partial charge on any atom is -0.192 e. The Morgan fingerprint density at radius 3 is 1.46 bits per heavy atom. The van der Waals surface area contributed by atoms with Gasteiger partial charge in [-0.15, -0.1) is 9.15 Å². The predicted molar refractivity (Wildman–Crippen MR) is 187 cm³/mol. The Hall–Kier alpha value is -5.76. The number of aryl methyl sites for hydroxylation is 7. The topological polar surface area (TPSA) is 65.3 Å². The maximum Gasteiger partial charge on any atom is 0.404 e. The minimum absolute atomic E-state index is 0.918. The van der Waals surface area contributed by atoms with Gasteiger partial charge >= 0.3 is 5.91 Å². The van der Waals surface area contributed by atoms with Crippen molar-refractivity contribution in [1.29, 1.82) is 0 Å². The highest BCUT2D eigenvalue weighted by atomic mass is 15.7. The number of amidine groups is 4. The summed E-state index contributed by atoms with van der Waals surface area (Å²) in [4.78, 5) is 22.6. The van der Waals surface area contributed by atoms with Gasteiger partial charge in [0.25, 0.3) is 23.3 Å². The molecule has 0 N–H and O–H groups in total. The molecule has 48 heavy (non-hydrogen) atoms. The van der Waals surface area contributed by atoms with Crippen molar-refractivity contribution in [2.45, 2.75) is 54.4 Å². The molecule has 1 spiro atoms. The van der Waals surface area contributed by atoms with Gasteiger partial charge in [-0.05, 0) is 93.5 Å². The summed E-state index contributed by atoms with van der Waals surface area (Å²) in [6.07, 6.45) is 0. The molecule has 8 heterocycles. The van der Waals surface area contributed by atoms with Crippen LogP contribution in [0.4, 0.5) is 11.6 Å². The summed E-state index contributed by atoms with van der Waals surface area (Å²) in [5, 5.41) is 4.55. The molecule has 0 amide bonds. The lowest BCUT2D eigenvalue weighted by Crippen LogP contribution is -2.71. The predicted octanol–water partition coefficient (Wildman–Crippen LogP) is 5.87. The van der Waals surface area contributed by atoms with Gasteiger partial charge in [0.05, 0.1) is 38.4 Å². The van der Waals surface area contributed by atoms with Gasteiger partial charge < -0.3 is 0 Å². The Morgan fingerprint density at radius 1 is 0.458 bits per heavy atom. The van der Waals surface area contributed by atoms with E-state index in [9.17, 15) is 0 Å². The number of fused-ring (bicyclic) bond motifs is 12. The highest BCUT2D eigenvalue weighted by Crippen LogP contribution is 2.54. The number of benzene rings is 4. The van der Waals surface area contributed by atoms with Crippen molar-refractivity contribution < 1.29 is 9.15 Å². The number of aromatic nitrogens is 2. The van der Waals surface area contributed by atoms with E-state index < -0.39 is 5.91 Å². The monoisotopic (exact) mass is 622 g/mol. The fraction of sp³-hybridized carbons (Fsp3) is 0.200. The van der Waals surface area contributed by atoms with Crippen molar-refractivity contribution in [1.82, 2.24) is 9.13 Å². The number of rotatable bonds is 0. The molecule has 6 aromatic rings. The molecule has 12 rings (SSSR count). The molecule has 6 aliphatic rings. The number of aliphatic imine (C=N–C) groups is 2. The van der Waals surface area contributed by atoms with Crippen LogP contribution in [0.25, 0.3) is 21.5 Å². The molecule has 0 unspecified atom stereocenters. The zero-order valence-electron chi connectivity index (χ0n) is 27.8. The SMILES string of the molecule is Cc1ccc(C)c2c1C1=Nc3c4c(C)ccc(C)c4c4n3[C@]35n6c(c7cccc(C)c7c6=NC6=[N+]3C(=N4)c3c(C)ccc(C)c36)=NC2=[N+]15. The van der Waals surface area contributed by atoms with E-state index in [4.69, 9.17) is 20.0 Å². The normalized spacial score (nSPS) is 19.6. The highest BCUT2D eigenvalue weighted by Gasteiger charge is 2.70. The zero-order valence-corrected chi connectivity index (χ0v) is 27.8. The lowest BCUT2D eigenvalue weighted by atomic mass is 9.97. The fourth-order valence-corrected chi connectivity index (χ4v) is 9.61. The maximum absolute atomic E-state index is 5.67. The van der Waals surface area contributed by atoms with E-state index in [2.05, 4.69) is 121 Å². The van der Waals surface area contributed by atoms with Gasteiger partial charge in [0.15, 0.2) is 0 Å². The Labute approximate surface area is 275 Å². The lowest BCUT2D eigenvalue weighted by molar-refractivity contribution is -0.790. The first kappa shape index (κ1) is 25.3. The van der Waals surface area contributed by atoms with Crippen molar-refractivity contribution in [3.8, 4) is 0 Å². The number of nitrogens with zero attached hydrogens (tertiary/aromatic N) is 8. The average Bonchev–Trinajstić information content (AvgIpc) is 3.80. The van der Waals surface area contributed by atoms with E-state index >= 15 is 0 Å².